The van der Waals surface area contributed by atoms with Crippen LogP contribution in [0.4, 0.5) is 0 Å². The number of H-pyrrole nitrogens is 1. The van der Waals surface area contributed by atoms with Crippen molar-refractivity contribution >= 4 is 16.8 Å². The first-order valence-electron chi connectivity index (χ1n) is 6.67. The summed E-state index contributed by atoms with van der Waals surface area (Å²) in [7, 11) is 0. The summed E-state index contributed by atoms with van der Waals surface area (Å²) in [5.74, 6) is 0.915. The number of furan rings is 1. The number of aromatic nitrogens is 1. The molecule has 0 atom stereocenters. The molecular formula is C16H16N2O2. The van der Waals surface area contributed by atoms with Crippen LogP contribution in [0.1, 0.15) is 11.3 Å². The van der Waals surface area contributed by atoms with E-state index in [2.05, 4.69) is 10.3 Å². The molecule has 0 saturated heterocycles. The zero-order valence-electron chi connectivity index (χ0n) is 11.1. The highest BCUT2D eigenvalue weighted by molar-refractivity contribution is 5.88. The van der Waals surface area contributed by atoms with Crippen LogP contribution in [0.3, 0.4) is 0 Å². The van der Waals surface area contributed by atoms with E-state index in [1.165, 1.54) is 0 Å². The standard InChI is InChI=1S/C16H16N2O2/c19-16(17-8-7-13-4-3-9-20-13)10-12-11-18-15-6-2-1-5-14(12)15/h1-6,9,11,18H,7-8,10H2,(H,17,19). The predicted octanol–water partition coefficient (Wildman–Crippen LogP) is 2.66. The summed E-state index contributed by atoms with van der Waals surface area (Å²) in [6.45, 7) is 0.592. The van der Waals surface area contributed by atoms with Crippen LogP contribution in [0.5, 0.6) is 0 Å². The highest BCUT2D eigenvalue weighted by atomic mass is 16.3. The molecule has 0 fully saturated rings. The summed E-state index contributed by atoms with van der Waals surface area (Å²) < 4.78 is 5.22. The second-order valence-corrected chi connectivity index (χ2v) is 4.72. The summed E-state index contributed by atoms with van der Waals surface area (Å²) in [5, 5.41) is 4.02. The predicted molar refractivity (Wildman–Crippen MR) is 77.4 cm³/mol. The van der Waals surface area contributed by atoms with E-state index in [1.54, 1.807) is 6.26 Å². The van der Waals surface area contributed by atoms with Gasteiger partial charge in [-0.2, -0.15) is 0 Å². The SMILES string of the molecule is O=C(Cc1c[nH]c2ccccc12)NCCc1ccco1. The second-order valence-electron chi connectivity index (χ2n) is 4.72. The lowest BCUT2D eigenvalue weighted by Gasteiger charge is -2.03. The molecule has 0 aliphatic rings. The van der Waals surface area contributed by atoms with Crippen molar-refractivity contribution in [3.05, 3.63) is 60.2 Å². The normalized spacial score (nSPS) is 10.8. The first kappa shape index (κ1) is 12.5. The van der Waals surface area contributed by atoms with E-state index in [1.807, 2.05) is 42.6 Å². The number of aromatic amines is 1. The molecule has 1 aromatic carbocycles. The van der Waals surface area contributed by atoms with Crippen molar-refractivity contribution in [3.63, 3.8) is 0 Å². The topological polar surface area (TPSA) is 58.0 Å². The fourth-order valence-electron chi connectivity index (χ4n) is 2.29. The van der Waals surface area contributed by atoms with E-state index in [-0.39, 0.29) is 5.91 Å². The molecule has 102 valence electrons. The lowest BCUT2D eigenvalue weighted by Crippen LogP contribution is -2.27. The monoisotopic (exact) mass is 268 g/mol. The Bertz CT molecular complexity index is 698. The molecule has 4 heteroatoms. The Morgan fingerprint density at radius 2 is 2.10 bits per heavy atom. The minimum absolute atomic E-state index is 0.0290. The Kier molecular flexibility index (Phi) is 3.54. The molecule has 3 aromatic rings. The number of amides is 1. The molecule has 0 saturated carbocycles. The summed E-state index contributed by atoms with van der Waals surface area (Å²) in [6.07, 6.45) is 4.65. The first-order valence-corrected chi connectivity index (χ1v) is 6.67. The molecule has 2 N–H and O–H groups in total. The van der Waals surface area contributed by atoms with Crippen LogP contribution < -0.4 is 5.32 Å². The van der Waals surface area contributed by atoms with Crippen molar-refractivity contribution in [1.82, 2.24) is 10.3 Å². The molecule has 0 bridgehead atoms. The van der Waals surface area contributed by atoms with E-state index in [4.69, 9.17) is 4.42 Å². The third-order valence-corrected chi connectivity index (χ3v) is 3.30. The molecule has 2 heterocycles. The highest BCUT2D eigenvalue weighted by Gasteiger charge is 2.08. The number of nitrogens with one attached hydrogen (secondary N) is 2. The molecule has 0 radical (unpaired) electrons. The van der Waals surface area contributed by atoms with Gasteiger partial charge in [-0.3, -0.25) is 4.79 Å². The quantitative estimate of drug-likeness (QED) is 0.747. The van der Waals surface area contributed by atoms with Gasteiger partial charge in [0, 0.05) is 30.1 Å². The lowest BCUT2D eigenvalue weighted by molar-refractivity contribution is -0.120. The average molecular weight is 268 g/mol. The third-order valence-electron chi connectivity index (χ3n) is 3.30. The third kappa shape index (κ3) is 2.74. The molecule has 0 aliphatic carbocycles. The zero-order valence-corrected chi connectivity index (χ0v) is 11.1. The van der Waals surface area contributed by atoms with Gasteiger partial charge >= 0.3 is 0 Å². The van der Waals surface area contributed by atoms with Gasteiger partial charge in [0.15, 0.2) is 0 Å². The molecule has 0 unspecified atom stereocenters. The highest BCUT2D eigenvalue weighted by Crippen LogP contribution is 2.17. The summed E-state index contributed by atoms with van der Waals surface area (Å²) in [4.78, 5) is 15.1. The van der Waals surface area contributed by atoms with Crippen LogP contribution in [0.2, 0.25) is 0 Å². The van der Waals surface area contributed by atoms with Crippen LogP contribution in [0.25, 0.3) is 10.9 Å². The molecule has 20 heavy (non-hydrogen) atoms. The number of hydrogen-bond acceptors (Lipinski definition) is 2. The van der Waals surface area contributed by atoms with Gasteiger partial charge in [-0.1, -0.05) is 18.2 Å². The van der Waals surface area contributed by atoms with E-state index >= 15 is 0 Å². The Morgan fingerprint density at radius 1 is 1.20 bits per heavy atom. The van der Waals surface area contributed by atoms with Gasteiger partial charge in [-0.15, -0.1) is 0 Å². The number of hydrogen-bond donors (Lipinski definition) is 2. The van der Waals surface area contributed by atoms with Crippen molar-refractivity contribution in [2.24, 2.45) is 0 Å². The number of para-hydroxylation sites is 1. The summed E-state index contributed by atoms with van der Waals surface area (Å²) in [6, 6.07) is 11.8. The average Bonchev–Trinajstić information content (AvgIpc) is 3.09. The molecule has 4 nitrogen and oxygen atoms in total. The summed E-state index contributed by atoms with van der Waals surface area (Å²) >= 11 is 0. The largest absolute Gasteiger partial charge is 0.469 e. The maximum Gasteiger partial charge on any atom is 0.224 e. The van der Waals surface area contributed by atoms with Crippen LogP contribution >= 0.6 is 0 Å². The Hall–Kier alpha value is -2.49. The van der Waals surface area contributed by atoms with Gasteiger partial charge in [0.2, 0.25) is 5.91 Å². The van der Waals surface area contributed by atoms with Crippen molar-refractivity contribution in [1.29, 1.82) is 0 Å². The molecular weight excluding hydrogens is 252 g/mol. The summed E-state index contributed by atoms with van der Waals surface area (Å²) in [5.41, 5.74) is 2.09. The van der Waals surface area contributed by atoms with Gasteiger partial charge in [0.1, 0.15) is 5.76 Å². The van der Waals surface area contributed by atoms with Gasteiger partial charge in [0.25, 0.3) is 0 Å². The van der Waals surface area contributed by atoms with Crippen LogP contribution in [-0.4, -0.2) is 17.4 Å². The minimum Gasteiger partial charge on any atom is -0.469 e. The van der Waals surface area contributed by atoms with Crippen LogP contribution in [-0.2, 0) is 17.6 Å². The smallest absolute Gasteiger partial charge is 0.224 e. The Labute approximate surface area is 116 Å². The minimum atomic E-state index is 0.0290. The van der Waals surface area contributed by atoms with Crippen molar-refractivity contribution in [2.45, 2.75) is 12.8 Å². The number of rotatable bonds is 5. The fraction of sp³-hybridized carbons (Fsp3) is 0.188. The molecule has 0 spiro atoms. The van der Waals surface area contributed by atoms with Gasteiger partial charge in [-0.05, 0) is 23.8 Å². The molecule has 0 aliphatic heterocycles. The lowest BCUT2D eigenvalue weighted by atomic mass is 10.1. The van der Waals surface area contributed by atoms with Crippen LogP contribution in [0, 0.1) is 0 Å². The zero-order chi connectivity index (χ0) is 13.8. The number of carbonyl (C=O) groups is 1. The Morgan fingerprint density at radius 3 is 2.95 bits per heavy atom. The van der Waals surface area contributed by atoms with E-state index in [0.717, 1.165) is 22.2 Å². The number of fused-ring (bicyclic) bond motifs is 1. The van der Waals surface area contributed by atoms with Crippen molar-refractivity contribution in [3.8, 4) is 0 Å². The van der Waals surface area contributed by atoms with Crippen molar-refractivity contribution in [2.75, 3.05) is 6.54 Å². The first-order chi connectivity index (χ1) is 9.83. The molecule has 2 aromatic heterocycles. The number of benzene rings is 1. The molecule has 3 rings (SSSR count). The van der Waals surface area contributed by atoms with E-state index < -0.39 is 0 Å². The maximum absolute atomic E-state index is 11.9. The second kappa shape index (κ2) is 5.65. The fourth-order valence-corrected chi connectivity index (χ4v) is 2.29. The van der Waals surface area contributed by atoms with Crippen LogP contribution in [0.15, 0.2) is 53.3 Å². The molecule has 1 amide bonds. The van der Waals surface area contributed by atoms with E-state index in [0.29, 0.717) is 19.4 Å². The van der Waals surface area contributed by atoms with Gasteiger partial charge in [0.05, 0.1) is 12.7 Å². The van der Waals surface area contributed by atoms with Gasteiger partial charge in [-0.25, -0.2) is 0 Å². The van der Waals surface area contributed by atoms with Crippen molar-refractivity contribution < 1.29 is 9.21 Å². The van der Waals surface area contributed by atoms with E-state index in [9.17, 15) is 4.79 Å². The number of carbonyl (C=O) groups excluding carboxylic acids is 1. The maximum atomic E-state index is 11.9. The Balaban J connectivity index is 1.56. The van der Waals surface area contributed by atoms with Gasteiger partial charge < -0.3 is 14.7 Å².